The van der Waals surface area contributed by atoms with Gasteiger partial charge in [-0.3, -0.25) is 14.4 Å². The summed E-state index contributed by atoms with van der Waals surface area (Å²) in [6, 6.07) is 0. The number of carboxylic acid groups (broad SMARTS) is 1. The molecule has 17 heavy (non-hydrogen) atoms. The van der Waals surface area contributed by atoms with Crippen LogP contribution in [0.1, 0.15) is 26.7 Å². The van der Waals surface area contributed by atoms with Crippen molar-refractivity contribution in [1.29, 1.82) is 0 Å². The van der Waals surface area contributed by atoms with E-state index in [1.54, 1.807) is 13.8 Å². The molecule has 6 heteroatoms. The fourth-order valence-corrected chi connectivity index (χ4v) is 1.08. The van der Waals surface area contributed by atoms with E-state index in [9.17, 15) is 14.4 Å². The molecule has 0 aliphatic carbocycles. The van der Waals surface area contributed by atoms with Gasteiger partial charge in [0.05, 0.1) is 0 Å². The zero-order valence-corrected chi connectivity index (χ0v) is 10.1. The summed E-state index contributed by atoms with van der Waals surface area (Å²) in [6.07, 6.45) is 1.44. The molecular weight excluding hydrogens is 224 g/mol. The molecule has 0 saturated heterocycles. The molecule has 0 aromatic carbocycles. The quantitative estimate of drug-likeness (QED) is 0.434. The highest BCUT2D eigenvalue weighted by molar-refractivity contribution is 5.94. The lowest BCUT2D eigenvalue weighted by atomic mass is 10.0. The van der Waals surface area contributed by atoms with Crippen LogP contribution in [-0.4, -0.2) is 35.0 Å². The van der Waals surface area contributed by atoms with Crippen LogP contribution >= 0.6 is 0 Å². The number of hydrogen-bond donors (Lipinski definition) is 3. The second kappa shape index (κ2) is 6.67. The van der Waals surface area contributed by atoms with E-state index >= 15 is 0 Å². The van der Waals surface area contributed by atoms with Gasteiger partial charge in [0.2, 0.25) is 11.8 Å². The zero-order chi connectivity index (χ0) is 13.5. The summed E-state index contributed by atoms with van der Waals surface area (Å²) in [5.74, 6) is -1.70. The van der Waals surface area contributed by atoms with Crippen molar-refractivity contribution in [3.8, 4) is 0 Å². The number of nitrogens with one attached hydrogen (secondary N) is 2. The third kappa shape index (κ3) is 6.34. The van der Waals surface area contributed by atoms with Crippen molar-refractivity contribution < 1.29 is 19.5 Å². The monoisotopic (exact) mass is 242 g/mol. The average molecular weight is 242 g/mol. The fourth-order valence-electron chi connectivity index (χ4n) is 1.08. The number of carboxylic acids is 1. The van der Waals surface area contributed by atoms with Gasteiger partial charge in [0.15, 0.2) is 0 Å². The van der Waals surface area contributed by atoms with Crippen molar-refractivity contribution >= 4 is 17.8 Å². The second-order valence-electron chi connectivity index (χ2n) is 4.07. The number of hydrogen-bond acceptors (Lipinski definition) is 3. The number of carbonyl (C=O) groups is 3. The summed E-state index contributed by atoms with van der Waals surface area (Å²) in [5, 5.41) is 13.4. The largest absolute Gasteiger partial charge is 0.481 e. The Bertz CT molecular complexity index is 323. The van der Waals surface area contributed by atoms with Crippen LogP contribution in [0.5, 0.6) is 0 Å². The van der Waals surface area contributed by atoms with Gasteiger partial charge < -0.3 is 15.7 Å². The van der Waals surface area contributed by atoms with Gasteiger partial charge in [0, 0.05) is 13.0 Å². The molecule has 0 fully saturated rings. The third-order valence-electron chi connectivity index (χ3n) is 2.04. The number of aliphatic carboxylic acids is 1. The summed E-state index contributed by atoms with van der Waals surface area (Å²) < 4.78 is 0. The third-order valence-corrected chi connectivity index (χ3v) is 2.04. The Hall–Kier alpha value is -1.85. The smallest absolute Gasteiger partial charge is 0.303 e. The van der Waals surface area contributed by atoms with E-state index < -0.39 is 17.4 Å². The van der Waals surface area contributed by atoms with Gasteiger partial charge >= 0.3 is 5.97 Å². The van der Waals surface area contributed by atoms with Crippen molar-refractivity contribution in [1.82, 2.24) is 10.6 Å². The molecule has 0 aliphatic rings. The maximum atomic E-state index is 11.7. The Morgan fingerprint density at radius 2 is 1.94 bits per heavy atom. The van der Waals surface area contributed by atoms with Gasteiger partial charge in [-0.25, -0.2) is 0 Å². The normalized spacial score (nSPS) is 10.5. The Balaban J connectivity index is 4.07. The second-order valence-corrected chi connectivity index (χ2v) is 4.07. The molecule has 0 radical (unpaired) electrons. The van der Waals surface area contributed by atoms with Crippen molar-refractivity contribution in [3.05, 3.63) is 12.7 Å². The van der Waals surface area contributed by atoms with Crippen LogP contribution in [-0.2, 0) is 14.4 Å². The van der Waals surface area contributed by atoms with Crippen LogP contribution in [0.2, 0.25) is 0 Å². The summed E-state index contributed by atoms with van der Waals surface area (Å²) in [4.78, 5) is 33.0. The molecule has 0 aliphatic heterocycles. The van der Waals surface area contributed by atoms with Gasteiger partial charge in [0.25, 0.3) is 0 Å². The molecule has 96 valence electrons. The summed E-state index contributed by atoms with van der Waals surface area (Å²) >= 11 is 0. The molecule has 0 heterocycles. The molecule has 0 saturated carbocycles. The number of carbonyl (C=O) groups excluding carboxylic acids is 2. The lowest BCUT2D eigenvalue weighted by molar-refractivity contribution is -0.137. The maximum absolute atomic E-state index is 11.7. The Morgan fingerprint density at radius 3 is 2.41 bits per heavy atom. The first-order valence-corrected chi connectivity index (χ1v) is 5.24. The Labute approximate surface area is 100 Å². The highest BCUT2D eigenvalue weighted by Crippen LogP contribution is 2.02. The Morgan fingerprint density at radius 1 is 1.35 bits per heavy atom. The van der Waals surface area contributed by atoms with Gasteiger partial charge in [-0.2, -0.15) is 0 Å². The zero-order valence-electron chi connectivity index (χ0n) is 10.1. The van der Waals surface area contributed by atoms with Gasteiger partial charge in [-0.1, -0.05) is 6.58 Å². The van der Waals surface area contributed by atoms with E-state index in [2.05, 4.69) is 17.2 Å². The molecule has 6 nitrogen and oxygen atoms in total. The highest BCUT2D eigenvalue weighted by Gasteiger charge is 2.28. The molecule has 3 N–H and O–H groups in total. The van der Waals surface area contributed by atoms with Crippen LogP contribution < -0.4 is 10.6 Å². The van der Waals surface area contributed by atoms with Gasteiger partial charge in [-0.15, -0.1) is 0 Å². The predicted molar refractivity (Wildman–Crippen MR) is 62.3 cm³/mol. The molecule has 0 aromatic heterocycles. The maximum Gasteiger partial charge on any atom is 0.303 e. The van der Waals surface area contributed by atoms with Crippen LogP contribution in [0.3, 0.4) is 0 Å². The van der Waals surface area contributed by atoms with E-state index in [-0.39, 0.29) is 18.9 Å². The van der Waals surface area contributed by atoms with Crippen molar-refractivity contribution in [2.75, 3.05) is 6.54 Å². The SMILES string of the molecule is C=CC(=O)NC(C)(C)C(=O)NCCCC(=O)O. The van der Waals surface area contributed by atoms with E-state index in [1.807, 2.05) is 0 Å². The minimum atomic E-state index is -1.05. The molecule has 0 bridgehead atoms. The van der Waals surface area contributed by atoms with Crippen molar-refractivity contribution in [3.63, 3.8) is 0 Å². The summed E-state index contributed by atoms with van der Waals surface area (Å²) in [6.45, 7) is 6.67. The fraction of sp³-hybridized carbons (Fsp3) is 0.545. The van der Waals surface area contributed by atoms with E-state index in [4.69, 9.17) is 5.11 Å². The predicted octanol–water partition coefficient (Wildman–Crippen LogP) is 0.0482. The van der Waals surface area contributed by atoms with Crippen LogP contribution in [0.25, 0.3) is 0 Å². The molecule has 0 spiro atoms. The van der Waals surface area contributed by atoms with E-state index in [1.165, 1.54) is 0 Å². The molecule has 0 aromatic rings. The topological polar surface area (TPSA) is 95.5 Å². The van der Waals surface area contributed by atoms with Crippen molar-refractivity contribution in [2.24, 2.45) is 0 Å². The molecule has 0 atom stereocenters. The van der Waals surface area contributed by atoms with Crippen LogP contribution in [0.15, 0.2) is 12.7 Å². The summed E-state index contributed by atoms with van der Waals surface area (Å²) in [5.41, 5.74) is -1.05. The lowest BCUT2D eigenvalue weighted by Gasteiger charge is -2.24. The van der Waals surface area contributed by atoms with Crippen LogP contribution in [0, 0.1) is 0 Å². The first kappa shape index (κ1) is 15.2. The molecule has 0 unspecified atom stereocenters. The first-order valence-electron chi connectivity index (χ1n) is 5.24. The molecule has 0 rings (SSSR count). The van der Waals surface area contributed by atoms with Crippen LogP contribution in [0.4, 0.5) is 0 Å². The minimum absolute atomic E-state index is 0.000272. The van der Waals surface area contributed by atoms with Gasteiger partial charge in [0.1, 0.15) is 5.54 Å². The minimum Gasteiger partial charge on any atom is -0.481 e. The highest BCUT2D eigenvalue weighted by atomic mass is 16.4. The molecular formula is C11H18N2O4. The standard InChI is InChI=1S/C11H18N2O4/c1-4-8(14)13-11(2,3)10(17)12-7-5-6-9(15)16/h4H,1,5-7H2,2-3H3,(H,12,17)(H,13,14)(H,15,16). The first-order chi connectivity index (χ1) is 7.79. The number of rotatable bonds is 7. The summed E-state index contributed by atoms with van der Waals surface area (Å²) in [7, 11) is 0. The lowest BCUT2D eigenvalue weighted by Crippen LogP contribution is -2.54. The van der Waals surface area contributed by atoms with Gasteiger partial charge in [-0.05, 0) is 26.3 Å². The average Bonchev–Trinajstić information content (AvgIpc) is 2.22. The Kier molecular flexibility index (Phi) is 5.95. The van der Waals surface area contributed by atoms with Crippen molar-refractivity contribution in [2.45, 2.75) is 32.2 Å². The van der Waals surface area contributed by atoms with E-state index in [0.29, 0.717) is 6.42 Å². The van der Waals surface area contributed by atoms with E-state index in [0.717, 1.165) is 6.08 Å². The number of amides is 2. The molecule has 2 amide bonds.